The number of hydrogen-bond donors (Lipinski definition) is 1. The molecule has 0 radical (unpaired) electrons. The topological polar surface area (TPSA) is 32.7 Å². The highest BCUT2D eigenvalue weighted by molar-refractivity contribution is 7.12. The second kappa shape index (κ2) is 5.41. The summed E-state index contributed by atoms with van der Waals surface area (Å²) in [6.45, 7) is 3.06. The van der Waals surface area contributed by atoms with Crippen molar-refractivity contribution in [3.05, 3.63) is 21.9 Å². The van der Waals surface area contributed by atoms with Crippen LogP contribution in [0.25, 0.3) is 0 Å². The molecule has 1 N–H and O–H groups in total. The van der Waals surface area contributed by atoms with Crippen molar-refractivity contribution in [3.63, 3.8) is 0 Å². The normalized spacial score (nSPS) is 26.9. The molecule has 3 heterocycles. The average molecular weight is 263 g/mol. The molecule has 3 nitrogen and oxygen atoms in total. The van der Waals surface area contributed by atoms with Crippen LogP contribution < -0.4 is 0 Å². The van der Waals surface area contributed by atoms with Gasteiger partial charge >= 0.3 is 0 Å². The van der Waals surface area contributed by atoms with Crippen LogP contribution in [-0.2, 0) is 11.3 Å². The number of thiophene rings is 1. The van der Waals surface area contributed by atoms with E-state index in [1.807, 2.05) is 6.07 Å². The molecular formula is C14H17NO2S. The summed E-state index contributed by atoms with van der Waals surface area (Å²) in [5, 5.41) is 8.67. The zero-order chi connectivity index (χ0) is 12.4. The molecule has 3 rings (SSSR count). The smallest absolute Gasteiger partial charge is 0.104 e. The van der Waals surface area contributed by atoms with E-state index >= 15 is 0 Å². The van der Waals surface area contributed by atoms with Gasteiger partial charge in [0.25, 0.3) is 0 Å². The van der Waals surface area contributed by atoms with E-state index in [0.29, 0.717) is 12.2 Å². The Balaban J connectivity index is 1.61. The molecule has 0 aromatic carbocycles. The number of aliphatic hydroxyl groups excluding tert-OH is 1. The highest BCUT2D eigenvalue weighted by Crippen LogP contribution is 2.28. The van der Waals surface area contributed by atoms with Gasteiger partial charge in [0.15, 0.2) is 0 Å². The van der Waals surface area contributed by atoms with Crippen LogP contribution >= 0.6 is 11.3 Å². The van der Waals surface area contributed by atoms with Crippen LogP contribution in [0.5, 0.6) is 0 Å². The van der Waals surface area contributed by atoms with Gasteiger partial charge < -0.3 is 9.84 Å². The predicted octanol–water partition coefficient (Wildman–Crippen LogP) is 1.46. The molecule has 2 aliphatic heterocycles. The quantitative estimate of drug-likeness (QED) is 0.820. The molecule has 2 atom stereocenters. The summed E-state index contributed by atoms with van der Waals surface area (Å²) < 4.78 is 5.84. The Morgan fingerprint density at radius 2 is 2.11 bits per heavy atom. The minimum absolute atomic E-state index is 0.0694. The molecule has 0 aliphatic carbocycles. The molecule has 0 amide bonds. The second-order valence-electron chi connectivity index (χ2n) is 4.88. The lowest BCUT2D eigenvalue weighted by molar-refractivity contribution is -0.0407. The van der Waals surface area contributed by atoms with Crippen molar-refractivity contribution in [1.82, 2.24) is 4.90 Å². The summed E-state index contributed by atoms with van der Waals surface area (Å²) in [6, 6.07) is 4.18. The summed E-state index contributed by atoms with van der Waals surface area (Å²) in [6.07, 6.45) is 3.35. The lowest BCUT2D eigenvalue weighted by atomic mass is 10.2. The third-order valence-corrected chi connectivity index (χ3v) is 4.44. The minimum Gasteiger partial charge on any atom is -0.384 e. The van der Waals surface area contributed by atoms with E-state index in [4.69, 9.17) is 9.84 Å². The van der Waals surface area contributed by atoms with Crippen LogP contribution in [0.4, 0.5) is 0 Å². The maximum Gasteiger partial charge on any atom is 0.104 e. The van der Waals surface area contributed by atoms with E-state index in [0.717, 1.165) is 24.5 Å². The molecule has 2 unspecified atom stereocenters. The van der Waals surface area contributed by atoms with Crippen LogP contribution in [0.3, 0.4) is 0 Å². The Labute approximate surface area is 111 Å². The van der Waals surface area contributed by atoms with Crippen LogP contribution in [-0.4, -0.2) is 41.9 Å². The molecule has 4 heteroatoms. The van der Waals surface area contributed by atoms with Crippen molar-refractivity contribution in [2.24, 2.45) is 0 Å². The zero-order valence-electron chi connectivity index (χ0n) is 10.3. The van der Waals surface area contributed by atoms with Gasteiger partial charge in [-0.1, -0.05) is 11.8 Å². The molecule has 1 aromatic rings. The molecule has 18 heavy (non-hydrogen) atoms. The minimum atomic E-state index is -0.0694. The number of morpholine rings is 1. The molecule has 0 spiro atoms. The predicted molar refractivity (Wildman–Crippen MR) is 71.5 cm³/mol. The van der Waals surface area contributed by atoms with E-state index in [-0.39, 0.29) is 6.61 Å². The SMILES string of the molecule is OCC#Cc1ccc(CN2CC3CCC(C2)O3)s1. The van der Waals surface area contributed by atoms with Gasteiger partial charge in [0, 0.05) is 24.5 Å². The molecule has 1 aromatic heterocycles. The van der Waals surface area contributed by atoms with Crippen LogP contribution in [0.1, 0.15) is 22.6 Å². The molecular weight excluding hydrogens is 246 g/mol. The van der Waals surface area contributed by atoms with Gasteiger partial charge in [-0.3, -0.25) is 4.90 Å². The van der Waals surface area contributed by atoms with Gasteiger partial charge in [-0.05, 0) is 25.0 Å². The number of nitrogens with zero attached hydrogens (tertiary/aromatic N) is 1. The van der Waals surface area contributed by atoms with Crippen molar-refractivity contribution in [2.45, 2.75) is 31.6 Å². The van der Waals surface area contributed by atoms with Crippen LogP contribution in [0, 0.1) is 11.8 Å². The molecule has 2 aliphatic rings. The fourth-order valence-corrected chi connectivity index (χ4v) is 3.63. The van der Waals surface area contributed by atoms with E-state index in [1.165, 1.54) is 17.7 Å². The summed E-state index contributed by atoms with van der Waals surface area (Å²) in [4.78, 5) is 4.87. The average Bonchev–Trinajstić information content (AvgIpc) is 2.94. The molecule has 96 valence electrons. The van der Waals surface area contributed by atoms with Gasteiger partial charge in [0.05, 0.1) is 17.1 Å². The van der Waals surface area contributed by atoms with Crippen molar-refractivity contribution in [3.8, 4) is 11.8 Å². The summed E-state index contributed by atoms with van der Waals surface area (Å²) >= 11 is 1.72. The first-order valence-corrected chi connectivity index (χ1v) is 7.21. The summed E-state index contributed by atoms with van der Waals surface area (Å²) in [5.41, 5.74) is 0. The number of likely N-dealkylation sites (tertiary alicyclic amines) is 1. The highest BCUT2D eigenvalue weighted by atomic mass is 32.1. The standard InChI is InChI=1S/C14H17NO2S/c16-7-1-2-13-5-6-14(18-13)10-15-8-11-3-4-12(9-15)17-11/h5-6,11-12,16H,3-4,7-10H2. The van der Waals surface area contributed by atoms with Gasteiger partial charge in [-0.2, -0.15) is 0 Å². The molecule has 2 saturated heterocycles. The first-order valence-electron chi connectivity index (χ1n) is 6.40. The van der Waals surface area contributed by atoms with Crippen molar-refractivity contribution < 1.29 is 9.84 Å². The van der Waals surface area contributed by atoms with Crippen LogP contribution in [0.15, 0.2) is 12.1 Å². The van der Waals surface area contributed by atoms with E-state index in [2.05, 4.69) is 22.8 Å². The Morgan fingerprint density at radius 1 is 1.33 bits per heavy atom. The first-order chi connectivity index (χ1) is 8.83. The van der Waals surface area contributed by atoms with Crippen molar-refractivity contribution in [2.75, 3.05) is 19.7 Å². The maximum atomic E-state index is 8.67. The lowest BCUT2D eigenvalue weighted by Gasteiger charge is -2.31. The summed E-state index contributed by atoms with van der Waals surface area (Å²) in [5.74, 6) is 5.65. The second-order valence-corrected chi connectivity index (χ2v) is 6.05. The fourth-order valence-electron chi connectivity index (χ4n) is 2.71. The van der Waals surface area contributed by atoms with Crippen LogP contribution in [0.2, 0.25) is 0 Å². The molecule has 2 bridgehead atoms. The Kier molecular flexibility index (Phi) is 3.67. The highest BCUT2D eigenvalue weighted by Gasteiger charge is 2.33. The molecule has 0 saturated carbocycles. The summed E-state index contributed by atoms with van der Waals surface area (Å²) in [7, 11) is 0. The van der Waals surface area contributed by atoms with E-state index < -0.39 is 0 Å². The molecule has 2 fully saturated rings. The first kappa shape index (κ1) is 12.2. The van der Waals surface area contributed by atoms with Gasteiger partial charge in [0.1, 0.15) is 6.61 Å². The van der Waals surface area contributed by atoms with E-state index in [9.17, 15) is 0 Å². The Bertz CT molecular complexity index is 462. The maximum absolute atomic E-state index is 8.67. The number of aliphatic hydroxyl groups is 1. The number of hydrogen-bond acceptors (Lipinski definition) is 4. The van der Waals surface area contributed by atoms with Crippen molar-refractivity contribution in [1.29, 1.82) is 0 Å². The van der Waals surface area contributed by atoms with Gasteiger partial charge in [0.2, 0.25) is 0 Å². The third-order valence-electron chi connectivity index (χ3n) is 3.45. The van der Waals surface area contributed by atoms with E-state index in [1.54, 1.807) is 11.3 Å². The zero-order valence-corrected chi connectivity index (χ0v) is 11.1. The largest absolute Gasteiger partial charge is 0.384 e. The monoisotopic (exact) mass is 263 g/mol. The Morgan fingerprint density at radius 3 is 2.83 bits per heavy atom. The number of ether oxygens (including phenoxy) is 1. The van der Waals surface area contributed by atoms with Gasteiger partial charge in [-0.15, -0.1) is 11.3 Å². The lowest BCUT2D eigenvalue weighted by Crippen LogP contribution is -2.41. The fraction of sp³-hybridized carbons (Fsp3) is 0.571. The van der Waals surface area contributed by atoms with Crippen molar-refractivity contribution >= 4 is 11.3 Å². The third kappa shape index (κ3) is 2.76. The Hall–Kier alpha value is -0.860. The number of rotatable bonds is 2. The van der Waals surface area contributed by atoms with Gasteiger partial charge in [-0.25, -0.2) is 0 Å². The number of fused-ring (bicyclic) bond motifs is 2.